The number of hydrogen-bond acceptors (Lipinski definition) is 4. The lowest BCUT2D eigenvalue weighted by Crippen LogP contribution is -2.42. The Labute approximate surface area is 172 Å². The van der Waals surface area contributed by atoms with E-state index in [1.165, 1.54) is 4.68 Å². The van der Waals surface area contributed by atoms with Gasteiger partial charge < -0.3 is 4.90 Å². The van der Waals surface area contributed by atoms with Crippen molar-refractivity contribution in [3.63, 3.8) is 0 Å². The standard InChI is InChI=1S/C20H23ClFN5O2/c21-16-5-2-4-15(23-16)20(8-9-20)12-26-19(29)27-14(3-1-6-17(27)24-26)18(28)25-10-7-13(22)11-25/h2,4-5,13-14H,1,3,6-12H2/t13-,14-/m0/s1. The fourth-order valence-corrected chi connectivity index (χ4v) is 4.80. The first-order valence-corrected chi connectivity index (χ1v) is 10.6. The number of carbonyl (C=O) groups is 1. The quantitative estimate of drug-likeness (QED) is 0.713. The molecule has 0 radical (unpaired) electrons. The molecular formula is C20H23ClFN5O2. The van der Waals surface area contributed by atoms with Crippen molar-refractivity contribution in [2.75, 3.05) is 13.1 Å². The molecule has 0 bridgehead atoms. The molecule has 7 nitrogen and oxygen atoms in total. The van der Waals surface area contributed by atoms with Crippen molar-refractivity contribution in [3.8, 4) is 0 Å². The molecule has 1 saturated heterocycles. The molecule has 0 unspecified atom stereocenters. The summed E-state index contributed by atoms with van der Waals surface area (Å²) in [6.07, 6.45) is 3.29. The summed E-state index contributed by atoms with van der Waals surface area (Å²) in [5.41, 5.74) is 0.388. The molecule has 2 fully saturated rings. The third kappa shape index (κ3) is 3.27. The van der Waals surface area contributed by atoms with Gasteiger partial charge in [0.1, 0.15) is 23.2 Å². The van der Waals surface area contributed by atoms with Crippen LogP contribution in [0.1, 0.15) is 49.7 Å². The van der Waals surface area contributed by atoms with Crippen molar-refractivity contribution >= 4 is 17.5 Å². The van der Waals surface area contributed by atoms with E-state index in [-0.39, 0.29) is 23.6 Å². The second kappa shape index (κ2) is 6.93. The van der Waals surface area contributed by atoms with Crippen LogP contribution in [0.4, 0.5) is 4.39 Å². The second-order valence-corrected chi connectivity index (χ2v) is 8.82. The third-order valence-electron chi connectivity index (χ3n) is 6.42. The molecule has 1 amide bonds. The summed E-state index contributed by atoms with van der Waals surface area (Å²) in [4.78, 5) is 32.1. The van der Waals surface area contributed by atoms with Crippen molar-refractivity contribution in [2.45, 2.75) is 62.7 Å². The summed E-state index contributed by atoms with van der Waals surface area (Å²) in [7, 11) is 0. The molecule has 0 aromatic carbocycles. The second-order valence-electron chi connectivity index (χ2n) is 8.43. The highest BCUT2D eigenvalue weighted by Crippen LogP contribution is 2.48. The molecule has 4 heterocycles. The fraction of sp³-hybridized carbons (Fsp3) is 0.600. The molecule has 2 aliphatic heterocycles. The van der Waals surface area contributed by atoms with Crippen molar-refractivity contribution < 1.29 is 9.18 Å². The van der Waals surface area contributed by atoms with Gasteiger partial charge in [0.2, 0.25) is 5.91 Å². The molecule has 1 saturated carbocycles. The van der Waals surface area contributed by atoms with Crippen LogP contribution in [0.2, 0.25) is 5.15 Å². The number of aryl methyl sites for hydroxylation is 1. The number of aromatic nitrogens is 4. The summed E-state index contributed by atoms with van der Waals surface area (Å²) in [6, 6.07) is 4.96. The van der Waals surface area contributed by atoms with Gasteiger partial charge >= 0.3 is 5.69 Å². The summed E-state index contributed by atoms with van der Waals surface area (Å²) < 4.78 is 16.6. The highest BCUT2D eigenvalue weighted by atomic mass is 35.5. The van der Waals surface area contributed by atoms with Crippen LogP contribution >= 0.6 is 11.6 Å². The minimum absolute atomic E-state index is 0.122. The number of pyridine rings is 1. The Kier molecular flexibility index (Phi) is 4.49. The van der Waals surface area contributed by atoms with E-state index in [0.29, 0.717) is 43.3 Å². The van der Waals surface area contributed by atoms with Crippen LogP contribution in [0.15, 0.2) is 23.0 Å². The van der Waals surface area contributed by atoms with Gasteiger partial charge in [0.05, 0.1) is 18.8 Å². The number of alkyl halides is 1. The molecule has 1 aliphatic carbocycles. The van der Waals surface area contributed by atoms with Crippen molar-refractivity contribution in [3.05, 3.63) is 45.4 Å². The number of nitrogens with zero attached hydrogens (tertiary/aromatic N) is 5. The molecule has 154 valence electrons. The SMILES string of the molecule is O=C([C@@H]1CCCc2nn(CC3(c4cccc(Cl)n4)CC3)c(=O)n21)N1CC[C@H](F)C1. The lowest BCUT2D eigenvalue weighted by molar-refractivity contribution is -0.134. The zero-order valence-electron chi connectivity index (χ0n) is 16.1. The summed E-state index contributed by atoms with van der Waals surface area (Å²) in [5, 5.41) is 5.00. The number of hydrogen-bond donors (Lipinski definition) is 0. The molecule has 3 aliphatic rings. The van der Waals surface area contributed by atoms with Gasteiger partial charge in [-0.1, -0.05) is 17.7 Å². The summed E-state index contributed by atoms with van der Waals surface area (Å²) >= 11 is 6.05. The number of halogens is 2. The predicted octanol–water partition coefficient (Wildman–Crippen LogP) is 2.27. The summed E-state index contributed by atoms with van der Waals surface area (Å²) in [5.74, 6) is 0.482. The number of amides is 1. The summed E-state index contributed by atoms with van der Waals surface area (Å²) in [6.45, 7) is 0.964. The van der Waals surface area contributed by atoms with Gasteiger partial charge in [-0.3, -0.25) is 9.36 Å². The maximum Gasteiger partial charge on any atom is 0.346 e. The van der Waals surface area contributed by atoms with E-state index in [2.05, 4.69) is 10.1 Å². The monoisotopic (exact) mass is 419 g/mol. The molecule has 2 atom stereocenters. The predicted molar refractivity (Wildman–Crippen MR) is 105 cm³/mol. The van der Waals surface area contributed by atoms with Gasteiger partial charge in [0.15, 0.2) is 0 Å². The van der Waals surface area contributed by atoms with Gasteiger partial charge in [0.25, 0.3) is 0 Å². The van der Waals surface area contributed by atoms with Crippen LogP contribution in [0.25, 0.3) is 0 Å². The van der Waals surface area contributed by atoms with Crippen LogP contribution < -0.4 is 5.69 Å². The first kappa shape index (κ1) is 18.8. The topological polar surface area (TPSA) is 73.0 Å². The zero-order chi connectivity index (χ0) is 20.2. The van der Waals surface area contributed by atoms with E-state index < -0.39 is 12.2 Å². The van der Waals surface area contributed by atoms with Crippen LogP contribution in [0.5, 0.6) is 0 Å². The van der Waals surface area contributed by atoms with Gasteiger partial charge in [-0.15, -0.1) is 0 Å². The average molecular weight is 420 g/mol. The van der Waals surface area contributed by atoms with Gasteiger partial charge in [0, 0.05) is 18.4 Å². The smallest absolute Gasteiger partial charge is 0.338 e. The molecule has 0 spiro atoms. The van der Waals surface area contributed by atoms with Crippen LogP contribution in [-0.4, -0.2) is 49.4 Å². The van der Waals surface area contributed by atoms with Gasteiger partial charge in [-0.05, 0) is 44.2 Å². The Hall–Kier alpha value is -2.22. The number of likely N-dealkylation sites (tertiary alicyclic amines) is 1. The highest BCUT2D eigenvalue weighted by Gasteiger charge is 2.47. The van der Waals surface area contributed by atoms with Gasteiger partial charge in [-0.25, -0.2) is 18.9 Å². The van der Waals surface area contributed by atoms with Crippen LogP contribution in [0.3, 0.4) is 0 Å². The number of carbonyl (C=O) groups excluding carboxylic acids is 1. The molecule has 9 heteroatoms. The molecule has 2 aromatic heterocycles. The van der Waals surface area contributed by atoms with Crippen molar-refractivity contribution in [1.82, 2.24) is 24.2 Å². The van der Waals surface area contributed by atoms with E-state index in [1.807, 2.05) is 12.1 Å². The maximum atomic E-state index is 13.6. The van der Waals surface area contributed by atoms with Crippen LogP contribution in [0, 0.1) is 0 Å². The Morgan fingerprint density at radius 2 is 2.14 bits per heavy atom. The highest BCUT2D eigenvalue weighted by molar-refractivity contribution is 6.29. The molecular weight excluding hydrogens is 397 g/mol. The first-order valence-electron chi connectivity index (χ1n) is 10.2. The maximum absolute atomic E-state index is 13.6. The van der Waals surface area contributed by atoms with E-state index >= 15 is 0 Å². The largest absolute Gasteiger partial charge is 0.346 e. The number of rotatable bonds is 4. The molecule has 2 aromatic rings. The van der Waals surface area contributed by atoms with E-state index in [9.17, 15) is 14.0 Å². The zero-order valence-corrected chi connectivity index (χ0v) is 16.8. The Morgan fingerprint density at radius 1 is 1.31 bits per heavy atom. The minimum atomic E-state index is -0.971. The first-order chi connectivity index (χ1) is 14.0. The Bertz CT molecular complexity index is 1010. The number of fused-ring (bicyclic) bond motifs is 1. The van der Waals surface area contributed by atoms with Crippen molar-refractivity contribution in [2.24, 2.45) is 0 Å². The fourth-order valence-electron chi connectivity index (χ4n) is 4.63. The van der Waals surface area contributed by atoms with Crippen LogP contribution in [-0.2, 0) is 23.2 Å². The Morgan fingerprint density at radius 3 is 2.83 bits per heavy atom. The van der Waals surface area contributed by atoms with Gasteiger partial charge in [-0.2, -0.15) is 5.10 Å². The van der Waals surface area contributed by atoms with E-state index in [4.69, 9.17) is 11.6 Å². The molecule has 0 N–H and O–H groups in total. The van der Waals surface area contributed by atoms with E-state index in [0.717, 1.165) is 25.0 Å². The normalized spacial score (nSPS) is 25.1. The lowest BCUT2D eigenvalue weighted by atomic mass is 10.0. The Balaban J connectivity index is 1.44. The van der Waals surface area contributed by atoms with Crippen molar-refractivity contribution in [1.29, 1.82) is 0 Å². The molecule has 29 heavy (non-hydrogen) atoms. The average Bonchev–Trinajstić information content (AvgIpc) is 3.26. The molecule has 5 rings (SSSR count). The third-order valence-corrected chi connectivity index (χ3v) is 6.63. The minimum Gasteiger partial charge on any atom is -0.338 e. The lowest BCUT2D eigenvalue weighted by Gasteiger charge is -2.27. The van der Waals surface area contributed by atoms with E-state index in [1.54, 1.807) is 15.5 Å².